The van der Waals surface area contributed by atoms with E-state index in [1.807, 2.05) is 0 Å². The van der Waals surface area contributed by atoms with Crippen LogP contribution in [0.1, 0.15) is 26.4 Å². The van der Waals surface area contributed by atoms with E-state index in [0.717, 1.165) is 23.5 Å². The van der Waals surface area contributed by atoms with E-state index in [2.05, 4.69) is 10.3 Å². The van der Waals surface area contributed by atoms with Gasteiger partial charge < -0.3 is 9.47 Å². The Morgan fingerprint density at radius 2 is 1.90 bits per heavy atom. The lowest BCUT2D eigenvalue weighted by Gasteiger charge is -2.18. The number of carbonyl (C=O) groups excluding carboxylic acids is 1. The molecule has 0 saturated heterocycles. The molecule has 0 atom stereocenters. The highest BCUT2D eigenvalue weighted by atomic mass is 35.5. The molecule has 0 radical (unpaired) electrons. The second-order valence-corrected chi connectivity index (χ2v) is 7.95. The highest BCUT2D eigenvalue weighted by molar-refractivity contribution is 7.15. The van der Waals surface area contributed by atoms with Crippen molar-refractivity contribution < 1.29 is 27.4 Å². The third kappa shape index (κ3) is 4.52. The van der Waals surface area contributed by atoms with Crippen LogP contribution < -0.4 is 14.8 Å². The molecule has 156 valence electrons. The average molecular weight is 455 g/mol. The van der Waals surface area contributed by atoms with Gasteiger partial charge in [-0.1, -0.05) is 11.6 Å². The summed E-state index contributed by atoms with van der Waals surface area (Å²) < 4.78 is 49.7. The van der Waals surface area contributed by atoms with Crippen LogP contribution >= 0.6 is 22.9 Å². The molecular formula is C20H14ClF3N2O3S. The Hall–Kier alpha value is -2.78. The topological polar surface area (TPSA) is 60.5 Å². The van der Waals surface area contributed by atoms with Gasteiger partial charge in [0.2, 0.25) is 0 Å². The number of nitrogens with one attached hydrogen (secondary N) is 1. The number of hydrogen-bond donors (Lipinski definition) is 1. The van der Waals surface area contributed by atoms with Gasteiger partial charge in [0, 0.05) is 28.1 Å². The molecule has 0 spiro atoms. The zero-order valence-corrected chi connectivity index (χ0v) is 16.8. The molecule has 1 aliphatic rings. The van der Waals surface area contributed by atoms with E-state index < -0.39 is 11.7 Å². The Bertz CT molecular complexity index is 1100. The number of fused-ring (bicyclic) bond motifs is 1. The minimum absolute atomic E-state index is 0.167. The van der Waals surface area contributed by atoms with Crippen molar-refractivity contribution in [2.45, 2.75) is 12.6 Å². The van der Waals surface area contributed by atoms with E-state index in [-0.39, 0.29) is 17.4 Å². The van der Waals surface area contributed by atoms with Crippen molar-refractivity contribution in [3.63, 3.8) is 0 Å². The summed E-state index contributed by atoms with van der Waals surface area (Å²) in [6.45, 7) is 0.863. The summed E-state index contributed by atoms with van der Waals surface area (Å²) in [6.07, 6.45) is -2.78. The SMILES string of the molecule is O=C(Nc1ncc(Cc2cc(C(F)(F)F)ccc2Cl)s1)c1ccc2c(c1)OCCO2. The summed E-state index contributed by atoms with van der Waals surface area (Å²) in [6, 6.07) is 8.05. The molecule has 2 aromatic carbocycles. The lowest BCUT2D eigenvalue weighted by atomic mass is 10.1. The first-order valence-corrected chi connectivity index (χ1v) is 10.0. The van der Waals surface area contributed by atoms with Gasteiger partial charge in [-0.25, -0.2) is 4.98 Å². The summed E-state index contributed by atoms with van der Waals surface area (Å²) in [5.74, 6) is 0.685. The largest absolute Gasteiger partial charge is 0.486 e. The molecular weight excluding hydrogens is 441 g/mol. The number of alkyl halides is 3. The van der Waals surface area contributed by atoms with E-state index in [9.17, 15) is 18.0 Å². The molecule has 0 unspecified atom stereocenters. The van der Waals surface area contributed by atoms with Crippen LogP contribution in [0.15, 0.2) is 42.6 Å². The molecule has 0 saturated carbocycles. The Morgan fingerprint density at radius 3 is 2.67 bits per heavy atom. The zero-order chi connectivity index (χ0) is 21.3. The van der Waals surface area contributed by atoms with E-state index in [0.29, 0.717) is 45.8 Å². The second kappa shape index (κ2) is 8.16. The number of aromatic nitrogens is 1. The molecule has 5 nitrogen and oxygen atoms in total. The Morgan fingerprint density at radius 1 is 1.13 bits per heavy atom. The lowest BCUT2D eigenvalue weighted by molar-refractivity contribution is -0.137. The van der Waals surface area contributed by atoms with Gasteiger partial charge in [-0.05, 0) is 42.0 Å². The van der Waals surface area contributed by atoms with Crippen molar-refractivity contribution in [1.82, 2.24) is 4.98 Å². The number of hydrogen-bond acceptors (Lipinski definition) is 5. The van der Waals surface area contributed by atoms with E-state index in [1.165, 1.54) is 12.3 Å². The number of amides is 1. The number of anilines is 1. The van der Waals surface area contributed by atoms with Crippen LogP contribution in [0.5, 0.6) is 11.5 Å². The van der Waals surface area contributed by atoms with Crippen molar-refractivity contribution >= 4 is 34.0 Å². The van der Waals surface area contributed by atoms with Gasteiger partial charge in [0.05, 0.1) is 5.56 Å². The van der Waals surface area contributed by atoms with Crippen LogP contribution in [-0.2, 0) is 12.6 Å². The third-order valence-corrected chi connectivity index (χ3v) is 5.60. The normalized spacial score (nSPS) is 13.2. The first-order valence-electron chi connectivity index (χ1n) is 8.81. The van der Waals surface area contributed by atoms with E-state index in [1.54, 1.807) is 18.2 Å². The van der Waals surface area contributed by atoms with Crippen LogP contribution in [0.3, 0.4) is 0 Å². The monoisotopic (exact) mass is 454 g/mol. The summed E-state index contributed by atoms with van der Waals surface area (Å²) in [5, 5.41) is 3.24. The first kappa shape index (κ1) is 20.5. The zero-order valence-electron chi connectivity index (χ0n) is 15.3. The summed E-state index contributed by atoms with van der Waals surface area (Å²) in [4.78, 5) is 17.3. The number of carbonyl (C=O) groups is 1. The highest BCUT2D eigenvalue weighted by Gasteiger charge is 2.31. The molecule has 2 heterocycles. The Balaban J connectivity index is 1.47. The number of rotatable bonds is 4. The van der Waals surface area contributed by atoms with Crippen LogP contribution in [0.25, 0.3) is 0 Å². The summed E-state index contributed by atoms with van der Waals surface area (Å²) >= 11 is 7.21. The maximum atomic E-state index is 12.9. The summed E-state index contributed by atoms with van der Waals surface area (Å²) in [5.41, 5.74) is -0.0599. The van der Waals surface area contributed by atoms with Gasteiger partial charge in [-0.15, -0.1) is 11.3 Å². The van der Waals surface area contributed by atoms with Gasteiger partial charge in [0.1, 0.15) is 13.2 Å². The molecule has 1 amide bonds. The van der Waals surface area contributed by atoms with Gasteiger partial charge in [0.15, 0.2) is 16.6 Å². The molecule has 10 heteroatoms. The van der Waals surface area contributed by atoms with Crippen molar-refractivity contribution in [1.29, 1.82) is 0 Å². The molecule has 4 rings (SSSR count). The molecule has 0 fully saturated rings. The lowest BCUT2D eigenvalue weighted by Crippen LogP contribution is -2.17. The predicted molar refractivity (Wildman–Crippen MR) is 107 cm³/mol. The number of ether oxygens (including phenoxy) is 2. The van der Waals surface area contributed by atoms with Crippen molar-refractivity contribution in [3.8, 4) is 11.5 Å². The van der Waals surface area contributed by atoms with Crippen LogP contribution in [0.4, 0.5) is 18.3 Å². The highest BCUT2D eigenvalue weighted by Crippen LogP contribution is 2.34. The maximum absolute atomic E-state index is 12.9. The quantitative estimate of drug-likeness (QED) is 0.571. The predicted octanol–water partition coefficient (Wildman–Crippen LogP) is 5.43. The molecule has 3 aromatic rings. The number of nitrogens with zero attached hydrogens (tertiary/aromatic N) is 1. The van der Waals surface area contributed by atoms with Crippen molar-refractivity contribution in [2.75, 3.05) is 18.5 Å². The van der Waals surface area contributed by atoms with Crippen molar-refractivity contribution in [2.24, 2.45) is 0 Å². The summed E-state index contributed by atoms with van der Waals surface area (Å²) in [7, 11) is 0. The number of benzene rings is 2. The van der Waals surface area contributed by atoms with Crippen molar-refractivity contribution in [3.05, 3.63) is 69.2 Å². The molecule has 1 aliphatic heterocycles. The van der Waals surface area contributed by atoms with Crippen LogP contribution in [0.2, 0.25) is 5.02 Å². The van der Waals surface area contributed by atoms with Gasteiger partial charge in [0.25, 0.3) is 5.91 Å². The van der Waals surface area contributed by atoms with Crippen LogP contribution in [-0.4, -0.2) is 24.1 Å². The fourth-order valence-electron chi connectivity index (χ4n) is 2.88. The fraction of sp³-hybridized carbons (Fsp3) is 0.200. The Labute approximate surface area is 178 Å². The van der Waals surface area contributed by atoms with E-state index in [4.69, 9.17) is 21.1 Å². The maximum Gasteiger partial charge on any atom is 0.416 e. The average Bonchev–Trinajstić information content (AvgIpc) is 3.15. The molecule has 0 bridgehead atoms. The van der Waals surface area contributed by atoms with Crippen LogP contribution in [0, 0.1) is 0 Å². The number of thiazole rings is 1. The first-order chi connectivity index (χ1) is 14.3. The Kier molecular flexibility index (Phi) is 5.57. The molecule has 1 aromatic heterocycles. The molecule has 0 aliphatic carbocycles. The van der Waals surface area contributed by atoms with E-state index >= 15 is 0 Å². The van der Waals surface area contributed by atoms with Gasteiger partial charge in [-0.2, -0.15) is 13.2 Å². The third-order valence-electron chi connectivity index (χ3n) is 4.32. The second-order valence-electron chi connectivity index (χ2n) is 6.43. The minimum Gasteiger partial charge on any atom is -0.486 e. The van der Waals surface area contributed by atoms with Gasteiger partial charge >= 0.3 is 6.18 Å². The standard InChI is InChI=1S/C20H14ClF3N2O3S/c21-15-3-2-13(20(22,23)24)7-12(15)8-14-10-25-19(30-14)26-18(27)11-1-4-16-17(9-11)29-6-5-28-16/h1-4,7,9-10H,5-6,8H2,(H,25,26,27). The molecule has 30 heavy (non-hydrogen) atoms. The smallest absolute Gasteiger partial charge is 0.416 e. The minimum atomic E-state index is -4.45. The number of halogens is 4. The fourth-order valence-corrected chi connectivity index (χ4v) is 3.89. The van der Waals surface area contributed by atoms with Gasteiger partial charge in [-0.3, -0.25) is 10.1 Å². The molecule has 1 N–H and O–H groups in total.